The van der Waals surface area contributed by atoms with Crippen LogP contribution in [0.2, 0.25) is 0 Å². The molecule has 0 bridgehead atoms. The van der Waals surface area contributed by atoms with Crippen LogP contribution in [0.5, 0.6) is 0 Å². The predicted octanol–water partition coefficient (Wildman–Crippen LogP) is -2.45. The number of nitrogens with zero attached hydrogens (tertiary/aromatic N) is 1. The fourth-order valence-corrected chi connectivity index (χ4v) is 0.353. The molecule has 0 aromatic rings. The number of hydrogen-bond donors (Lipinski definition) is 4. The van der Waals surface area contributed by atoms with Gasteiger partial charge in [-0.15, -0.1) is 22.8 Å². The minimum atomic E-state index is -1.34. The van der Waals surface area contributed by atoms with E-state index in [1.54, 1.807) is 0 Å². The van der Waals surface area contributed by atoms with E-state index in [1.165, 1.54) is 14.1 Å². The van der Waals surface area contributed by atoms with Crippen molar-refractivity contribution in [1.29, 1.82) is 0 Å². The van der Waals surface area contributed by atoms with E-state index < -0.39 is 5.14 Å². The highest BCUT2D eigenvalue weighted by atomic mass is 17.5. The molecule has 6 N–H and O–H groups in total. The fourth-order valence-electron chi connectivity index (χ4n) is 0.353. The first kappa shape index (κ1) is 10.6. The highest BCUT2D eigenvalue weighted by Gasteiger charge is 2.39. The lowest BCUT2D eigenvalue weighted by atomic mass is 11.5. The Hall–Kier alpha value is -0.360. The standard InChI is InChI=1S/C2H12N5O4/c1-5-10-7(8-3,9-4)11-6-2/h5-6H,3-4H2,1-2H3/q+1. The van der Waals surface area contributed by atoms with Gasteiger partial charge in [0.15, 0.2) is 0 Å². The van der Waals surface area contributed by atoms with Crippen LogP contribution in [0.1, 0.15) is 0 Å². The molecule has 0 heterocycles. The second kappa shape index (κ2) is 5.31. The summed E-state index contributed by atoms with van der Waals surface area (Å²) in [7, 11) is 2.87. The van der Waals surface area contributed by atoms with Crippen LogP contribution in [-0.2, 0) is 19.8 Å². The lowest BCUT2D eigenvalue weighted by Crippen LogP contribution is -2.55. The van der Waals surface area contributed by atoms with Crippen molar-refractivity contribution in [2.45, 2.75) is 0 Å². The molecule has 0 saturated heterocycles. The molecule has 0 aliphatic heterocycles. The average Bonchev–Trinajstić information content (AvgIpc) is 2.04. The molecule has 0 atom stereocenters. The number of hydroxylamine groups is 2. The summed E-state index contributed by atoms with van der Waals surface area (Å²) in [6.07, 6.45) is 0. The largest absolute Gasteiger partial charge is 0.320 e. The number of rotatable bonds is 6. The van der Waals surface area contributed by atoms with Crippen molar-refractivity contribution in [3.63, 3.8) is 0 Å². The van der Waals surface area contributed by atoms with Crippen LogP contribution >= 0.6 is 0 Å². The zero-order valence-corrected chi connectivity index (χ0v) is 6.23. The molecule has 0 aliphatic rings. The van der Waals surface area contributed by atoms with E-state index in [2.05, 4.69) is 30.7 Å². The van der Waals surface area contributed by atoms with E-state index in [0.29, 0.717) is 0 Å². The second-order valence-electron chi connectivity index (χ2n) is 1.25. The Morgan fingerprint density at radius 1 is 1.00 bits per heavy atom. The molecule has 0 fully saturated rings. The third-order valence-electron chi connectivity index (χ3n) is 0.664. The van der Waals surface area contributed by atoms with E-state index in [4.69, 9.17) is 11.8 Å². The van der Waals surface area contributed by atoms with Crippen molar-refractivity contribution >= 4 is 0 Å². The van der Waals surface area contributed by atoms with Gasteiger partial charge < -0.3 is 0 Å². The molecule has 9 heteroatoms. The third-order valence-corrected chi connectivity index (χ3v) is 0.664. The molecular formula is C2H12N5O4+. The number of hydrogen-bond acceptors (Lipinski definition) is 8. The molecule has 0 spiro atoms. The first-order valence-corrected chi connectivity index (χ1v) is 2.61. The lowest BCUT2D eigenvalue weighted by Gasteiger charge is -2.17. The van der Waals surface area contributed by atoms with E-state index in [-0.39, 0.29) is 0 Å². The fraction of sp³-hybridized carbons (Fsp3) is 1.00. The first-order valence-electron chi connectivity index (χ1n) is 2.61. The van der Waals surface area contributed by atoms with Gasteiger partial charge in [-0.1, -0.05) is 0 Å². The van der Waals surface area contributed by atoms with Crippen molar-refractivity contribution in [2.75, 3.05) is 14.1 Å². The van der Waals surface area contributed by atoms with Crippen LogP contribution in [-0.4, -0.2) is 19.2 Å². The molecule has 0 aliphatic carbocycles. The minimum Gasteiger partial charge on any atom is -0.149 e. The summed E-state index contributed by atoms with van der Waals surface area (Å²) in [5.74, 6) is 9.46. The summed E-state index contributed by atoms with van der Waals surface area (Å²) in [6, 6.07) is 0. The van der Waals surface area contributed by atoms with Crippen molar-refractivity contribution in [2.24, 2.45) is 11.8 Å². The van der Waals surface area contributed by atoms with Gasteiger partial charge in [0, 0.05) is 33.8 Å². The van der Waals surface area contributed by atoms with Crippen molar-refractivity contribution in [3.8, 4) is 0 Å². The highest BCUT2D eigenvalue weighted by molar-refractivity contribution is 3.74. The summed E-state index contributed by atoms with van der Waals surface area (Å²) >= 11 is 0. The Bertz CT molecular complexity index is 88.5. The molecule has 68 valence electrons. The normalized spacial score (nSPS) is 12.0. The van der Waals surface area contributed by atoms with E-state index in [0.717, 1.165) is 0 Å². The van der Waals surface area contributed by atoms with Crippen molar-refractivity contribution < 1.29 is 24.9 Å². The maximum Gasteiger partial charge on any atom is 0.320 e. The molecule has 11 heavy (non-hydrogen) atoms. The van der Waals surface area contributed by atoms with E-state index in [1.807, 2.05) is 0 Å². The van der Waals surface area contributed by atoms with Crippen LogP contribution < -0.4 is 22.8 Å². The third kappa shape index (κ3) is 3.02. The quantitative estimate of drug-likeness (QED) is 0.256. The molecular weight excluding hydrogens is 158 g/mol. The Balaban J connectivity index is 3.96. The molecule has 0 radical (unpaired) electrons. The average molecular weight is 170 g/mol. The van der Waals surface area contributed by atoms with E-state index in [9.17, 15) is 0 Å². The number of quaternary nitrogens is 1. The Morgan fingerprint density at radius 3 is 1.55 bits per heavy atom. The molecule has 0 aromatic heterocycles. The van der Waals surface area contributed by atoms with Gasteiger partial charge in [-0.2, -0.15) is 0 Å². The highest BCUT2D eigenvalue weighted by Crippen LogP contribution is 2.02. The van der Waals surface area contributed by atoms with Crippen LogP contribution in [0, 0.1) is 0 Å². The SMILES string of the molecule is CNO[N+](ON)(ON)ONC. The Morgan fingerprint density at radius 2 is 1.36 bits per heavy atom. The smallest absolute Gasteiger partial charge is 0.149 e. The molecule has 0 saturated carbocycles. The number of nitrogens with one attached hydrogen (secondary N) is 2. The maximum atomic E-state index is 4.73. The van der Waals surface area contributed by atoms with Crippen LogP contribution in [0.25, 0.3) is 0 Å². The molecule has 0 rings (SSSR count). The Labute approximate surface area is 62.9 Å². The van der Waals surface area contributed by atoms with Gasteiger partial charge in [0.1, 0.15) is 0 Å². The van der Waals surface area contributed by atoms with Crippen LogP contribution in [0.15, 0.2) is 0 Å². The second-order valence-corrected chi connectivity index (χ2v) is 1.25. The summed E-state index contributed by atoms with van der Waals surface area (Å²) in [4.78, 5) is 17.1. The summed E-state index contributed by atoms with van der Waals surface area (Å²) in [5, 5.41) is -1.34. The van der Waals surface area contributed by atoms with E-state index >= 15 is 0 Å². The van der Waals surface area contributed by atoms with Gasteiger partial charge in [-0.05, 0) is 0 Å². The Kier molecular flexibility index (Phi) is 5.14. The zero-order valence-electron chi connectivity index (χ0n) is 6.23. The van der Waals surface area contributed by atoms with Gasteiger partial charge in [-0.25, -0.2) is 0 Å². The van der Waals surface area contributed by atoms with Gasteiger partial charge in [0.25, 0.3) is 0 Å². The van der Waals surface area contributed by atoms with Gasteiger partial charge >= 0.3 is 5.14 Å². The molecule has 0 amide bonds. The van der Waals surface area contributed by atoms with Crippen molar-refractivity contribution in [1.82, 2.24) is 11.0 Å². The summed E-state index contributed by atoms with van der Waals surface area (Å²) < 4.78 is 0. The molecule has 9 nitrogen and oxygen atoms in total. The maximum absolute atomic E-state index is 4.73. The van der Waals surface area contributed by atoms with Gasteiger partial charge in [0.2, 0.25) is 0 Å². The minimum absolute atomic E-state index is 1.34. The van der Waals surface area contributed by atoms with Crippen LogP contribution in [0.3, 0.4) is 0 Å². The predicted molar refractivity (Wildman–Crippen MR) is 31.1 cm³/mol. The number of nitrogens with two attached hydrogens (primary N) is 2. The zero-order chi connectivity index (χ0) is 8.74. The monoisotopic (exact) mass is 170 g/mol. The summed E-state index contributed by atoms with van der Waals surface area (Å²) in [6.45, 7) is 0. The molecule has 0 unspecified atom stereocenters. The van der Waals surface area contributed by atoms with Crippen LogP contribution in [0.4, 0.5) is 0 Å². The molecule has 0 aromatic carbocycles. The summed E-state index contributed by atoms with van der Waals surface area (Å²) in [5.41, 5.74) is 4.38. The first-order chi connectivity index (χ1) is 5.24. The topological polar surface area (TPSA) is 113 Å². The lowest BCUT2D eigenvalue weighted by molar-refractivity contribution is -1.48. The van der Waals surface area contributed by atoms with Gasteiger partial charge in [0.05, 0.1) is 0 Å². The van der Waals surface area contributed by atoms with Crippen molar-refractivity contribution in [3.05, 3.63) is 0 Å². The van der Waals surface area contributed by atoms with Gasteiger partial charge in [-0.3, -0.25) is 0 Å².